The van der Waals surface area contributed by atoms with Gasteiger partial charge in [-0.25, -0.2) is 12.7 Å². The van der Waals surface area contributed by atoms with Crippen molar-refractivity contribution in [3.8, 4) is 0 Å². The molecule has 0 spiro atoms. The van der Waals surface area contributed by atoms with Crippen LogP contribution in [0.15, 0.2) is 4.99 Å². The molecule has 132 valence electrons. The van der Waals surface area contributed by atoms with E-state index in [-0.39, 0.29) is 24.0 Å². The van der Waals surface area contributed by atoms with Crippen LogP contribution in [0.1, 0.15) is 33.6 Å². The highest BCUT2D eigenvalue weighted by Gasteiger charge is 2.24. The molecule has 2 N–H and O–H groups in total. The first-order valence-corrected chi connectivity index (χ1v) is 9.51. The van der Waals surface area contributed by atoms with Crippen LogP contribution in [0.25, 0.3) is 0 Å². The van der Waals surface area contributed by atoms with Gasteiger partial charge < -0.3 is 10.6 Å². The Morgan fingerprint density at radius 2 is 1.82 bits per heavy atom. The summed E-state index contributed by atoms with van der Waals surface area (Å²) in [7, 11) is -1.26. The molecule has 0 aliphatic carbocycles. The van der Waals surface area contributed by atoms with E-state index in [9.17, 15) is 8.42 Å². The Kier molecular flexibility index (Phi) is 9.88. The lowest BCUT2D eigenvalue weighted by molar-refractivity contribution is 0.274. The van der Waals surface area contributed by atoms with Gasteiger partial charge in [0, 0.05) is 32.7 Å². The number of nitrogens with zero attached hydrogens (tertiary/aromatic N) is 2. The maximum absolute atomic E-state index is 11.5. The van der Waals surface area contributed by atoms with E-state index >= 15 is 0 Å². The van der Waals surface area contributed by atoms with Crippen molar-refractivity contribution in [1.29, 1.82) is 0 Å². The van der Waals surface area contributed by atoms with Crippen molar-refractivity contribution < 1.29 is 8.42 Å². The maximum Gasteiger partial charge on any atom is 0.211 e. The largest absolute Gasteiger partial charge is 0.356 e. The molecule has 1 aliphatic heterocycles. The van der Waals surface area contributed by atoms with Crippen molar-refractivity contribution in [1.82, 2.24) is 14.9 Å². The van der Waals surface area contributed by atoms with Gasteiger partial charge in [-0.1, -0.05) is 13.8 Å². The summed E-state index contributed by atoms with van der Waals surface area (Å²) >= 11 is 0. The summed E-state index contributed by atoms with van der Waals surface area (Å²) in [5.74, 6) is 1.86. The Morgan fingerprint density at radius 3 is 2.23 bits per heavy atom. The number of guanidine groups is 1. The van der Waals surface area contributed by atoms with Crippen LogP contribution in [0, 0.1) is 11.8 Å². The monoisotopic (exact) mass is 446 g/mol. The van der Waals surface area contributed by atoms with Gasteiger partial charge in [0.2, 0.25) is 10.0 Å². The topological polar surface area (TPSA) is 73.8 Å². The average molecular weight is 446 g/mol. The lowest BCUT2D eigenvalue weighted by atomic mass is 9.98. The first-order valence-electron chi connectivity index (χ1n) is 7.66. The molecular formula is C14H31IN4O2S. The molecule has 22 heavy (non-hydrogen) atoms. The Balaban J connectivity index is 0.00000441. The third-order valence-electron chi connectivity index (χ3n) is 4.19. The van der Waals surface area contributed by atoms with E-state index in [0.717, 1.165) is 25.3 Å². The number of hydrogen-bond acceptors (Lipinski definition) is 3. The number of hydrogen-bond donors (Lipinski definition) is 2. The SMILES string of the molecule is CN=C(NCC1CCN(S(C)(=O)=O)CC1)NC(C)C(C)C.I. The molecule has 0 amide bonds. The molecule has 0 radical (unpaired) electrons. The van der Waals surface area contributed by atoms with Crippen LogP contribution in [-0.2, 0) is 10.0 Å². The molecule has 0 aromatic rings. The zero-order chi connectivity index (χ0) is 16.0. The van der Waals surface area contributed by atoms with E-state index < -0.39 is 10.0 Å². The second-order valence-corrected chi connectivity index (χ2v) is 8.22. The van der Waals surface area contributed by atoms with Crippen molar-refractivity contribution in [2.75, 3.05) is 32.9 Å². The van der Waals surface area contributed by atoms with Crippen LogP contribution in [0.4, 0.5) is 0 Å². The van der Waals surface area contributed by atoms with E-state index in [1.807, 2.05) is 0 Å². The highest BCUT2D eigenvalue weighted by atomic mass is 127. The Labute approximate surface area is 152 Å². The van der Waals surface area contributed by atoms with Gasteiger partial charge in [-0.05, 0) is 31.6 Å². The maximum atomic E-state index is 11.5. The smallest absolute Gasteiger partial charge is 0.211 e. The van der Waals surface area contributed by atoms with Crippen molar-refractivity contribution in [3.05, 3.63) is 0 Å². The van der Waals surface area contributed by atoms with E-state index in [0.29, 0.717) is 31.0 Å². The van der Waals surface area contributed by atoms with Crippen LogP contribution in [0.2, 0.25) is 0 Å². The van der Waals surface area contributed by atoms with Gasteiger partial charge in [-0.3, -0.25) is 4.99 Å². The summed E-state index contributed by atoms with van der Waals surface area (Å²) in [6, 6.07) is 0.364. The average Bonchev–Trinajstić information content (AvgIpc) is 2.42. The van der Waals surface area contributed by atoms with Crippen LogP contribution >= 0.6 is 24.0 Å². The quantitative estimate of drug-likeness (QED) is 0.381. The minimum Gasteiger partial charge on any atom is -0.356 e. The van der Waals surface area contributed by atoms with Gasteiger partial charge in [0.1, 0.15) is 0 Å². The molecule has 1 unspecified atom stereocenters. The lowest BCUT2D eigenvalue weighted by Gasteiger charge is -2.31. The van der Waals surface area contributed by atoms with Crippen LogP contribution in [0.5, 0.6) is 0 Å². The zero-order valence-corrected chi connectivity index (χ0v) is 17.4. The standard InChI is InChI=1S/C14H30N4O2S.HI/c1-11(2)12(3)17-14(15-4)16-10-13-6-8-18(9-7-13)21(5,19)20;/h11-13H,6-10H2,1-5H3,(H2,15,16,17);1H. The molecule has 1 atom stereocenters. The highest BCUT2D eigenvalue weighted by Crippen LogP contribution is 2.18. The Hall–Kier alpha value is -0.0900. The minimum atomic E-state index is -3.03. The van der Waals surface area contributed by atoms with Crippen LogP contribution in [-0.4, -0.2) is 57.7 Å². The molecule has 1 saturated heterocycles. The van der Waals surface area contributed by atoms with E-state index in [1.165, 1.54) is 6.26 Å². The molecule has 6 nitrogen and oxygen atoms in total. The molecule has 1 aliphatic rings. The van der Waals surface area contributed by atoms with Crippen molar-refractivity contribution in [3.63, 3.8) is 0 Å². The third-order valence-corrected chi connectivity index (χ3v) is 5.49. The van der Waals surface area contributed by atoms with E-state index in [4.69, 9.17) is 0 Å². The highest BCUT2D eigenvalue weighted by molar-refractivity contribution is 14.0. The first-order chi connectivity index (χ1) is 9.74. The van der Waals surface area contributed by atoms with Gasteiger partial charge in [-0.15, -0.1) is 24.0 Å². The summed E-state index contributed by atoms with van der Waals surface area (Å²) in [6.45, 7) is 8.57. The number of halogens is 1. The van der Waals surface area contributed by atoms with Gasteiger partial charge in [0.05, 0.1) is 6.26 Å². The fourth-order valence-electron chi connectivity index (χ4n) is 2.26. The zero-order valence-electron chi connectivity index (χ0n) is 14.3. The number of rotatable bonds is 5. The van der Waals surface area contributed by atoms with E-state index in [2.05, 4.69) is 36.4 Å². The fraction of sp³-hybridized carbons (Fsp3) is 0.929. The minimum absolute atomic E-state index is 0. The predicted octanol–water partition coefficient (Wildman–Crippen LogP) is 1.49. The van der Waals surface area contributed by atoms with Crippen molar-refractivity contribution in [2.24, 2.45) is 16.8 Å². The fourth-order valence-corrected chi connectivity index (χ4v) is 3.14. The number of piperidine rings is 1. The summed E-state index contributed by atoms with van der Waals surface area (Å²) in [4.78, 5) is 4.24. The molecule has 1 fully saturated rings. The summed E-state index contributed by atoms with van der Waals surface area (Å²) in [5.41, 5.74) is 0. The molecule has 0 aromatic heterocycles. The van der Waals surface area contributed by atoms with Crippen molar-refractivity contribution >= 4 is 40.0 Å². The first kappa shape index (κ1) is 21.9. The van der Waals surface area contributed by atoms with Crippen LogP contribution in [0.3, 0.4) is 0 Å². The number of aliphatic imine (C=N–C) groups is 1. The van der Waals surface area contributed by atoms with Crippen LogP contribution < -0.4 is 10.6 Å². The molecule has 1 rings (SSSR count). The lowest BCUT2D eigenvalue weighted by Crippen LogP contribution is -2.47. The Morgan fingerprint density at radius 1 is 1.27 bits per heavy atom. The summed E-state index contributed by atoms with van der Waals surface area (Å²) in [6.07, 6.45) is 3.08. The molecule has 1 heterocycles. The van der Waals surface area contributed by atoms with Gasteiger partial charge >= 0.3 is 0 Å². The molecule has 0 saturated carbocycles. The van der Waals surface area contributed by atoms with Crippen molar-refractivity contribution in [2.45, 2.75) is 39.7 Å². The third kappa shape index (κ3) is 7.45. The second kappa shape index (κ2) is 9.92. The van der Waals surface area contributed by atoms with E-state index in [1.54, 1.807) is 11.4 Å². The van der Waals surface area contributed by atoms with Gasteiger partial charge in [-0.2, -0.15) is 0 Å². The summed E-state index contributed by atoms with van der Waals surface area (Å²) < 4.78 is 24.5. The molecular weight excluding hydrogens is 415 g/mol. The number of sulfonamides is 1. The normalized spacial score (nSPS) is 19.6. The second-order valence-electron chi connectivity index (χ2n) is 6.24. The predicted molar refractivity (Wildman–Crippen MR) is 103 cm³/mol. The van der Waals surface area contributed by atoms with Gasteiger partial charge in [0.15, 0.2) is 5.96 Å². The number of nitrogens with one attached hydrogen (secondary N) is 2. The molecule has 8 heteroatoms. The molecule has 0 aromatic carbocycles. The summed E-state index contributed by atoms with van der Waals surface area (Å²) in [5, 5.41) is 6.72. The molecule has 0 bridgehead atoms. The Bertz CT molecular complexity index is 446. The van der Waals surface area contributed by atoms with Gasteiger partial charge in [0.25, 0.3) is 0 Å².